The van der Waals surface area contributed by atoms with Crippen molar-refractivity contribution in [3.63, 3.8) is 0 Å². The van der Waals surface area contributed by atoms with Crippen LogP contribution in [0, 0.1) is 0 Å². The standard InChI is InChI=1S/C26H20BrNO6S/c1-32-26(31)23-20(14-5-7-15(27)8-6-14)13-35-24(23)28-22(29)12-33-16-9-10-18-17-3-2-4-19(17)25(30)34-21(18)11-16/h5-11,13H,2-4,12H2,1H3,(H,28,29). The molecule has 1 N–H and O–H groups in total. The summed E-state index contributed by atoms with van der Waals surface area (Å²) < 4.78 is 17.0. The summed E-state index contributed by atoms with van der Waals surface area (Å²) in [5.41, 5.74) is 3.71. The molecule has 1 aliphatic rings. The van der Waals surface area contributed by atoms with Gasteiger partial charge in [-0.05, 0) is 54.7 Å². The van der Waals surface area contributed by atoms with Crippen LogP contribution in [0.1, 0.15) is 27.9 Å². The average molecular weight is 554 g/mol. The maximum absolute atomic E-state index is 12.6. The van der Waals surface area contributed by atoms with Crippen molar-refractivity contribution in [2.75, 3.05) is 19.0 Å². The van der Waals surface area contributed by atoms with E-state index in [1.165, 1.54) is 18.4 Å². The van der Waals surface area contributed by atoms with Gasteiger partial charge in [0.05, 0.1) is 7.11 Å². The van der Waals surface area contributed by atoms with E-state index >= 15 is 0 Å². The summed E-state index contributed by atoms with van der Waals surface area (Å²) in [7, 11) is 1.30. The third kappa shape index (κ3) is 4.61. The van der Waals surface area contributed by atoms with Crippen LogP contribution in [0.25, 0.3) is 22.1 Å². The van der Waals surface area contributed by atoms with Crippen LogP contribution in [0.2, 0.25) is 0 Å². The number of hydrogen-bond donors (Lipinski definition) is 1. The number of hydrogen-bond acceptors (Lipinski definition) is 7. The van der Waals surface area contributed by atoms with Gasteiger partial charge in [0.25, 0.3) is 5.91 Å². The van der Waals surface area contributed by atoms with Crippen LogP contribution >= 0.6 is 27.3 Å². The Balaban J connectivity index is 1.33. The molecular formula is C26H20BrNO6S. The van der Waals surface area contributed by atoms with Crippen LogP contribution in [0.3, 0.4) is 0 Å². The molecule has 0 spiro atoms. The number of anilines is 1. The molecule has 0 aliphatic heterocycles. The van der Waals surface area contributed by atoms with Gasteiger partial charge in [0, 0.05) is 32.4 Å². The van der Waals surface area contributed by atoms with Crippen molar-refractivity contribution < 1.29 is 23.5 Å². The molecule has 178 valence electrons. The highest BCUT2D eigenvalue weighted by Crippen LogP contribution is 2.36. The zero-order chi connectivity index (χ0) is 24.5. The Labute approximate surface area is 212 Å². The second-order valence-corrected chi connectivity index (χ2v) is 9.84. The van der Waals surface area contributed by atoms with Crippen molar-refractivity contribution >= 4 is 55.1 Å². The molecule has 35 heavy (non-hydrogen) atoms. The maximum atomic E-state index is 12.6. The Hall–Kier alpha value is -3.43. The molecule has 0 bridgehead atoms. The minimum atomic E-state index is -0.544. The molecule has 0 saturated carbocycles. The SMILES string of the molecule is COC(=O)c1c(-c2ccc(Br)cc2)csc1NC(=O)COc1ccc2c3c(c(=O)oc2c1)CCC3. The zero-order valence-electron chi connectivity index (χ0n) is 18.7. The minimum Gasteiger partial charge on any atom is -0.484 e. The summed E-state index contributed by atoms with van der Waals surface area (Å²) in [6.07, 6.45) is 2.54. The quantitative estimate of drug-likeness (QED) is 0.247. The van der Waals surface area contributed by atoms with Crippen LogP contribution in [-0.4, -0.2) is 25.6 Å². The van der Waals surface area contributed by atoms with Gasteiger partial charge in [0.2, 0.25) is 0 Å². The molecule has 1 amide bonds. The number of methoxy groups -OCH3 is 1. The Kier molecular flexibility index (Phi) is 6.44. The second kappa shape index (κ2) is 9.67. The molecule has 0 radical (unpaired) electrons. The predicted octanol–water partition coefficient (Wildman–Crippen LogP) is 5.58. The first-order valence-electron chi connectivity index (χ1n) is 10.9. The first-order chi connectivity index (χ1) is 16.9. The minimum absolute atomic E-state index is 0.285. The molecule has 2 aromatic heterocycles. The van der Waals surface area contributed by atoms with Crippen molar-refractivity contribution in [1.29, 1.82) is 0 Å². The lowest BCUT2D eigenvalue weighted by Gasteiger charge is -2.10. The number of thiophene rings is 1. The molecular weight excluding hydrogens is 534 g/mol. The smallest absolute Gasteiger partial charge is 0.341 e. The number of benzene rings is 2. The average Bonchev–Trinajstić information content (AvgIpc) is 3.51. The number of amides is 1. The lowest BCUT2D eigenvalue weighted by atomic mass is 10.0. The molecule has 0 fully saturated rings. The van der Waals surface area contributed by atoms with Crippen molar-refractivity contribution in [3.8, 4) is 16.9 Å². The first-order valence-corrected chi connectivity index (χ1v) is 12.6. The fourth-order valence-corrected chi connectivity index (χ4v) is 5.50. The number of aryl methyl sites for hydroxylation is 1. The van der Waals surface area contributed by atoms with Crippen LogP contribution < -0.4 is 15.7 Å². The monoisotopic (exact) mass is 553 g/mol. The van der Waals surface area contributed by atoms with E-state index in [0.717, 1.165) is 45.8 Å². The van der Waals surface area contributed by atoms with E-state index in [-0.39, 0.29) is 17.8 Å². The van der Waals surface area contributed by atoms with E-state index in [1.807, 2.05) is 30.3 Å². The fourth-order valence-electron chi connectivity index (χ4n) is 4.26. The van der Waals surface area contributed by atoms with Crippen LogP contribution in [-0.2, 0) is 22.4 Å². The Morgan fingerprint density at radius 1 is 1.11 bits per heavy atom. The third-order valence-corrected chi connectivity index (χ3v) is 7.33. The molecule has 0 saturated heterocycles. The first kappa shape index (κ1) is 23.3. The zero-order valence-corrected chi connectivity index (χ0v) is 21.1. The molecule has 2 aromatic carbocycles. The predicted molar refractivity (Wildman–Crippen MR) is 137 cm³/mol. The number of carbonyl (C=O) groups is 2. The molecule has 9 heteroatoms. The Morgan fingerprint density at radius 3 is 2.66 bits per heavy atom. The van der Waals surface area contributed by atoms with E-state index in [4.69, 9.17) is 13.9 Å². The van der Waals surface area contributed by atoms with Crippen LogP contribution in [0.5, 0.6) is 5.75 Å². The summed E-state index contributed by atoms with van der Waals surface area (Å²) in [4.78, 5) is 37.4. The topological polar surface area (TPSA) is 94.8 Å². The molecule has 5 rings (SSSR count). The van der Waals surface area contributed by atoms with Crippen molar-refractivity contribution in [1.82, 2.24) is 0 Å². The molecule has 0 unspecified atom stereocenters. The van der Waals surface area contributed by atoms with Gasteiger partial charge in [-0.3, -0.25) is 4.79 Å². The molecule has 0 atom stereocenters. The normalized spacial score (nSPS) is 12.4. The highest BCUT2D eigenvalue weighted by atomic mass is 79.9. The number of carbonyl (C=O) groups excluding carboxylic acids is 2. The lowest BCUT2D eigenvalue weighted by molar-refractivity contribution is -0.118. The van der Waals surface area contributed by atoms with Crippen molar-refractivity contribution in [3.05, 3.63) is 79.4 Å². The van der Waals surface area contributed by atoms with Gasteiger partial charge in [0.15, 0.2) is 6.61 Å². The second-order valence-electron chi connectivity index (χ2n) is 8.05. The van der Waals surface area contributed by atoms with Crippen molar-refractivity contribution in [2.24, 2.45) is 0 Å². The van der Waals surface area contributed by atoms with E-state index in [0.29, 0.717) is 21.9 Å². The number of rotatable bonds is 6. The third-order valence-electron chi connectivity index (χ3n) is 5.90. The summed E-state index contributed by atoms with van der Waals surface area (Å²) in [5, 5.41) is 5.83. The highest BCUT2D eigenvalue weighted by molar-refractivity contribution is 9.10. The summed E-state index contributed by atoms with van der Waals surface area (Å²) >= 11 is 4.64. The van der Waals surface area contributed by atoms with Gasteiger partial charge in [-0.2, -0.15) is 0 Å². The van der Waals surface area contributed by atoms with Gasteiger partial charge in [0.1, 0.15) is 21.9 Å². The van der Waals surface area contributed by atoms with Crippen LogP contribution in [0.4, 0.5) is 5.00 Å². The van der Waals surface area contributed by atoms with Gasteiger partial charge in [-0.1, -0.05) is 28.1 Å². The number of halogens is 1. The fraction of sp³-hybridized carbons (Fsp3) is 0.192. The molecule has 1 aliphatic carbocycles. The summed E-state index contributed by atoms with van der Waals surface area (Å²) in [5.74, 6) is -0.573. The maximum Gasteiger partial charge on any atom is 0.341 e. The molecule has 2 heterocycles. The van der Waals surface area contributed by atoms with E-state index in [1.54, 1.807) is 17.5 Å². The lowest BCUT2D eigenvalue weighted by Crippen LogP contribution is -2.21. The van der Waals surface area contributed by atoms with Crippen molar-refractivity contribution in [2.45, 2.75) is 19.3 Å². The van der Waals surface area contributed by atoms with Gasteiger partial charge >= 0.3 is 11.6 Å². The number of nitrogens with one attached hydrogen (secondary N) is 1. The Morgan fingerprint density at radius 2 is 1.89 bits per heavy atom. The van der Waals surface area contributed by atoms with Gasteiger partial charge in [-0.15, -0.1) is 11.3 Å². The molecule has 4 aromatic rings. The number of esters is 1. The molecule has 7 nitrogen and oxygen atoms in total. The van der Waals surface area contributed by atoms with Gasteiger partial charge < -0.3 is 19.2 Å². The highest BCUT2D eigenvalue weighted by Gasteiger charge is 2.23. The largest absolute Gasteiger partial charge is 0.484 e. The van der Waals surface area contributed by atoms with E-state index < -0.39 is 11.9 Å². The summed E-state index contributed by atoms with van der Waals surface area (Å²) in [6.45, 7) is -0.285. The van der Waals surface area contributed by atoms with E-state index in [9.17, 15) is 14.4 Å². The Bertz CT molecular complexity index is 1510. The number of fused-ring (bicyclic) bond motifs is 3. The number of ether oxygens (including phenoxy) is 2. The van der Waals surface area contributed by atoms with Gasteiger partial charge in [-0.25, -0.2) is 9.59 Å². The summed E-state index contributed by atoms with van der Waals surface area (Å²) in [6, 6.07) is 12.7. The van der Waals surface area contributed by atoms with Crippen LogP contribution in [0.15, 0.2) is 61.5 Å². The van der Waals surface area contributed by atoms with E-state index in [2.05, 4.69) is 21.2 Å².